The lowest BCUT2D eigenvalue weighted by molar-refractivity contribution is -0.137. The molecule has 39 heavy (non-hydrogen) atoms. The van der Waals surface area contributed by atoms with Gasteiger partial charge in [0.05, 0.1) is 11.7 Å². The number of aliphatic hydroxyl groups excluding tert-OH is 1. The van der Waals surface area contributed by atoms with Crippen molar-refractivity contribution in [3.8, 4) is 0 Å². The molecule has 1 heterocycles. The highest BCUT2D eigenvalue weighted by Crippen LogP contribution is 2.51. The molecule has 0 saturated heterocycles. The second kappa shape index (κ2) is 10.5. The maximum Gasteiger partial charge on any atom is 0.416 e. The Hall–Kier alpha value is -1.96. The minimum Gasteiger partial charge on any atom is -0.410 e. The number of aromatic nitrogens is 1. The Morgan fingerprint density at radius 1 is 1.13 bits per heavy atom. The summed E-state index contributed by atoms with van der Waals surface area (Å²) in [6.45, 7) is 17.8. The van der Waals surface area contributed by atoms with E-state index in [-0.39, 0.29) is 16.6 Å². The van der Waals surface area contributed by atoms with E-state index in [0.29, 0.717) is 12.0 Å². The first-order valence-corrected chi connectivity index (χ1v) is 17.1. The molecule has 4 rings (SSSR count). The third-order valence-electron chi connectivity index (χ3n) is 8.90. The van der Waals surface area contributed by atoms with Crippen molar-refractivity contribution in [2.45, 2.75) is 117 Å². The zero-order valence-corrected chi connectivity index (χ0v) is 25.7. The number of pyridine rings is 1. The van der Waals surface area contributed by atoms with Gasteiger partial charge in [0.1, 0.15) is 6.10 Å². The summed E-state index contributed by atoms with van der Waals surface area (Å²) in [7, 11) is -2.16. The van der Waals surface area contributed by atoms with Gasteiger partial charge < -0.3 is 9.53 Å². The lowest BCUT2D eigenvalue weighted by Crippen LogP contribution is -2.44. The molecule has 0 fully saturated rings. The number of allylic oxidation sites excluding steroid dienone is 2. The third-order valence-corrected chi connectivity index (χ3v) is 13.4. The highest BCUT2D eigenvalue weighted by molar-refractivity contribution is 6.74. The van der Waals surface area contributed by atoms with Crippen LogP contribution in [0, 0.1) is 5.41 Å². The van der Waals surface area contributed by atoms with Crippen LogP contribution in [-0.4, -0.2) is 18.4 Å². The summed E-state index contributed by atoms with van der Waals surface area (Å²) < 4.78 is 46.9. The lowest BCUT2D eigenvalue weighted by atomic mass is 9.71. The first kappa shape index (κ1) is 30.0. The van der Waals surface area contributed by atoms with E-state index in [2.05, 4.69) is 53.8 Å². The quantitative estimate of drug-likeness (QED) is 0.359. The Bertz CT molecular complexity index is 1240. The lowest BCUT2D eigenvalue weighted by Gasteiger charge is -2.45. The molecule has 2 atom stereocenters. The number of fused-ring (bicyclic) bond motifs is 1. The van der Waals surface area contributed by atoms with Crippen LogP contribution in [0.5, 0.6) is 0 Å². The number of halogens is 3. The number of alkyl halides is 3. The van der Waals surface area contributed by atoms with Gasteiger partial charge in [0.25, 0.3) is 0 Å². The van der Waals surface area contributed by atoms with Crippen LogP contribution in [0.25, 0.3) is 5.57 Å². The topological polar surface area (TPSA) is 42.4 Å². The number of hydrogen-bond donors (Lipinski definition) is 1. The molecule has 0 bridgehead atoms. The molecule has 2 aromatic rings. The number of hydrogen-bond acceptors (Lipinski definition) is 3. The maximum atomic E-state index is 13.3. The minimum absolute atomic E-state index is 0.00687. The van der Waals surface area contributed by atoms with Crippen molar-refractivity contribution >= 4 is 13.9 Å². The summed E-state index contributed by atoms with van der Waals surface area (Å²) in [4.78, 5) is 5.17. The van der Waals surface area contributed by atoms with E-state index in [0.717, 1.165) is 72.3 Å². The normalized spacial score (nSPS) is 20.5. The molecule has 2 aliphatic carbocycles. The van der Waals surface area contributed by atoms with Crippen molar-refractivity contribution in [2.24, 2.45) is 5.41 Å². The van der Waals surface area contributed by atoms with Gasteiger partial charge >= 0.3 is 6.18 Å². The fraction of sp³-hybridized carbons (Fsp3) is 0.594. The predicted molar refractivity (Wildman–Crippen MR) is 154 cm³/mol. The molecule has 0 amide bonds. The first-order chi connectivity index (χ1) is 17.9. The molecule has 0 spiro atoms. The standard InChI is InChI=1S/C32H44F3NO2Si/c1-9-23-28(29(37)21-14-16-22(17-15-21)32(33,34)35)26(20-12-10-11-13-20)27-24(36-23)18-31(5,6)19-25(27)38-39(7,8)30(2,3)4/h12,14-17,25,29,37H,9-11,13,18-19H2,1-8H3/t25-,29?/m1/s1. The average molecular weight is 560 g/mol. The van der Waals surface area contributed by atoms with Gasteiger partial charge in [0, 0.05) is 22.5 Å². The van der Waals surface area contributed by atoms with Crippen LogP contribution in [0.3, 0.4) is 0 Å². The van der Waals surface area contributed by atoms with Gasteiger partial charge in [-0.15, -0.1) is 0 Å². The second-order valence-corrected chi connectivity index (χ2v) is 18.4. The van der Waals surface area contributed by atoms with E-state index >= 15 is 0 Å². The molecular weight excluding hydrogens is 515 g/mol. The zero-order valence-electron chi connectivity index (χ0n) is 24.7. The molecular formula is C32H44F3NO2Si. The molecule has 0 radical (unpaired) electrons. The smallest absolute Gasteiger partial charge is 0.410 e. The number of benzene rings is 1. The third kappa shape index (κ3) is 6.05. The van der Waals surface area contributed by atoms with E-state index in [1.54, 1.807) is 0 Å². The summed E-state index contributed by atoms with van der Waals surface area (Å²) in [5.41, 5.74) is 5.63. The summed E-state index contributed by atoms with van der Waals surface area (Å²) in [5.74, 6) is 0. The molecule has 1 aromatic heterocycles. The van der Waals surface area contributed by atoms with Crippen LogP contribution in [-0.2, 0) is 23.4 Å². The largest absolute Gasteiger partial charge is 0.416 e. The summed E-state index contributed by atoms with van der Waals surface area (Å²) in [6.07, 6.45) is 1.83. The monoisotopic (exact) mass is 559 g/mol. The van der Waals surface area contributed by atoms with E-state index in [1.807, 2.05) is 6.92 Å². The Morgan fingerprint density at radius 3 is 2.28 bits per heavy atom. The van der Waals surface area contributed by atoms with Crippen LogP contribution >= 0.6 is 0 Å². The Kier molecular flexibility index (Phi) is 8.05. The average Bonchev–Trinajstić information content (AvgIpc) is 3.35. The summed E-state index contributed by atoms with van der Waals surface area (Å²) in [5, 5.41) is 11.8. The Morgan fingerprint density at radius 2 is 1.77 bits per heavy atom. The second-order valence-electron chi connectivity index (χ2n) is 13.6. The Labute approximate surface area is 233 Å². The summed E-state index contributed by atoms with van der Waals surface area (Å²) >= 11 is 0. The van der Waals surface area contributed by atoms with E-state index in [1.165, 1.54) is 17.7 Å². The number of aryl methyl sites for hydroxylation is 1. The fourth-order valence-corrected chi connectivity index (χ4v) is 7.06. The van der Waals surface area contributed by atoms with Gasteiger partial charge in [-0.05, 0) is 90.9 Å². The molecule has 7 heteroatoms. The highest BCUT2D eigenvalue weighted by Gasteiger charge is 2.45. The van der Waals surface area contributed by atoms with Crippen molar-refractivity contribution in [1.29, 1.82) is 0 Å². The van der Waals surface area contributed by atoms with Crippen LogP contribution in [0.15, 0.2) is 30.3 Å². The summed E-state index contributed by atoms with van der Waals surface area (Å²) in [6, 6.07) is 4.89. The van der Waals surface area contributed by atoms with E-state index in [4.69, 9.17) is 9.41 Å². The van der Waals surface area contributed by atoms with E-state index < -0.39 is 26.2 Å². The predicted octanol–water partition coefficient (Wildman–Crippen LogP) is 9.35. The molecule has 0 aliphatic heterocycles. The molecule has 1 N–H and O–H groups in total. The molecule has 214 valence electrons. The van der Waals surface area contributed by atoms with Crippen LogP contribution < -0.4 is 0 Å². The SMILES string of the molecule is CCc1nc2c(c(C3=CCCC3)c1C(O)c1ccc(C(F)(F)F)cc1)[C@H](O[Si](C)(C)C(C)(C)C)CC(C)(C)C2. The number of nitrogens with zero attached hydrogens (tertiary/aromatic N) is 1. The van der Waals surface area contributed by atoms with Gasteiger partial charge in [-0.1, -0.05) is 59.8 Å². The van der Waals surface area contributed by atoms with Gasteiger partial charge in [0.15, 0.2) is 8.32 Å². The molecule has 1 unspecified atom stereocenters. The van der Waals surface area contributed by atoms with Gasteiger partial charge in [-0.2, -0.15) is 13.2 Å². The first-order valence-electron chi connectivity index (χ1n) is 14.2. The van der Waals surface area contributed by atoms with Crippen LogP contribution in [0.1, 0.15) is 119 Å². The van der Waals surface area contributed by atoms with Crippen molar-refractivity contribution in [1.82, 2.24) is 4.98 Å². The zero-order chi connectivity index (χ0) is 29.0. The minimum atomic E-state index is -4.42. The van der Waals surface area contributed by atoms with Crippen molar-refractivity contribution in [2.75, 3.05) is 0 Å². The van der Waals surface area contributed by atoms with Crippen molar-refractivity contribution < 1.29 is 22.7 Å². The van der Waals surface area contributed by atoms with Crippen molar-refractivity contribution in [3.63, 3.8) is 0 Å². The molecule has 2 aliphatic rings. The number of rotatable bonds is 6. The fourth-order valence-electron chi connectivity index (χ4n) is 5.79. The maximum absolute atomic E-state index is 13.3. The molecule has 3 nitrogen and oxygen atoms in total. The van der Waals surface area contributed by atoms with Gasteiger partial charge in [-0.3, -0.25) is 4.98 Å². The highest BCUT2D eigenvalue weighted by atomic mass is 28.4. The van der Waals surface area contributed by atoms with Gasteiger partial charge in [0.2, 0.25) is 0 Å². The van der Waals surface area contributed by atoms with Crippen LogP contribution in [0.2, 0.25) is 18.1 Å². The van der Waals surface area contributed by atoms with Gasteiger partial charge in [-0.25, -0.2) is 0 Å². The Balaban J connectivity index is 1.95. The molecule has 0 saturated carbocycles. The number of aliphatic hydroxyl groups is 1. The van der Waals surface area contributed by atoms with E-state index in [9.17, 15) is 18.3 Å². The molecule has 1 aromatic carbocycles. The van der Waals surface area contributed by atoms with Crippen LogP contribution in [0.4, 0.5) is 13.2 Å². The van der Waals surface area contributed by atoms with Crippen molar-refractivity contribution in [3.05, 3.63) is 69.5 Å².